The Kier molecular flexibility index (Phi) is 6.04. The van der Waals surface area contributed by atoms with E-state index in [9.17, 15) is 9.59 Å². The van der Waals surface area contributed by atoms with Crippen LogP contribution in [0.3, 0.4) is 0 Å². The van der Waals surface area contributed by atoms with Gasteiger partial charge in [0.15, 0.2) is 0 Å². The second-order valence-corrected chi connectivity index (χ2v) is 6.46. The first-order valence-electron chi connectivity index (χ1n) is 9.33. The quantitative estimate of drug-likeness (QED) is 0.677. The molecule has 2 aromatic carbocycles. The fourth-order valence-corrected chi connectivity index (χ4v) is 3.42. The summed E-state index contributed by atoms with van der Waals surface area (Å²) in [5.74, 6) is -0.272. The number of hydrogen-bond acceptors (Lipinski definition) is 3. The third kappa shape index (κ3) is 4.26. The number of pyridine rings is 1. The minimum atomic E-state index is -0.272. The van der Waals surface area contributed by atoms with Gasteiger partial charge in [0.2, 0.25) is 0 Å². The van der Waals surface area contributed by atoms with Crippen molar-refractivity contribution in [2.24, 2.45) is 0 Å². The van der Waals surface area contributed by atoms with Crippen LogP contribution in [0, 0.1) is 0 Å². The summed E-state index contributed by atoms with van der Waals surface area (Å²) in [6, 6.07) is 19.2. The molecule has 1 heterocycles. The van der Waals surface area contributed by atoms with Crippen LogP contribution in [0.1, 0.15) is 35.9 Å². The Bertz CT molecular complexity index is 962. The first kappa shape index (κ1) is 18.9. The highest BCUT2D eigenvalue weighted by Gasteiger charge is 2.19. The van der Waals surface area contributed by atoms with Crippen LogP contribution in [0.25, 0.3) is 10.8 Å². The average molecular weight is 363 g/mol. The van der Waals surface area contributed by atoms with Gasteiger partial charge in [-0.2, -0.15) is 0 Å². The third-order valence-corrected chi connectivity index (χ3v) is 4.89. The molecular weight excluding hydrogens is 338 g/mol. The maximum absolute atomic E-state index is 12.7. The number of benzene rings is 2. The highest BCUT2D eigenvalue weighted by Crippen LogP contribution is 2.19. The standard InChI is InChI=1S/C22H25N3O2/c1-3-25(4-2)20(16-10-6-5-7-11-16)15-23-22(27)19-14-17-12-8-9-13-18(17)21(26)24-19/h5-14,20H,3-4,15H2,1-2H3,(H,23,27)(H,24,26). The van der Waals surface area contributed by atoms with Crippen molar-refractivity contribution in [1.29, 1.82) is 0 Å². The summed E-state index contributed by atoms with van der Waals surface area (Å²) in [6.45, 7) is 6.47. The summed E-state index contributed by atoms with van der Waals surface area (Å²) >= 11 is 0. The molecule has 0 aliphatic heterocycles. The fourth-order valence-electron chi connectivity index (χ4n) is 3.42. The molecule has 0 bridgehead atoms. The van der Waals surface area contributed by atoms with Gasteiger partial charge in [-0.05, 0) is 36.2 Å². The van der Waals surface area contributed by atoms with Crippen LogP contribution < -0.4 is 10.9 Å². The molecule has 27 heavy (non-hydrogen) atoms. The van der Waals surface area contributed by atoms with Gasteiger partial charge in [0.25, 0.3) is 11.5 Å². The topological polar surface area (TPSA) is 65.2 Å². The molecule has 0 fully saturated rings. The molecule has 1 aromatic heterocycles. The van der Waals surface area contributed by atoms with Crippen LogP contribution in [-0.2, 0) is 0 Å². The van der Waals surface area contributed by atoms with E-state index in [0.717, 1.165) is 24.0 Å². The molecule has 3 aromatic rings. The van der Waals surface area contributed by atoms with Gasteiger partial charge in [0.05, 0.1) is 6.04 Å². The summed E-state index contributed by atoms with van der Waals surface area (Å²) < 4.78 is 0. The van der Waals surface area contributed by atoms with Crippen molar-refractivity contribution in [1.82, 2.24) is 15.2 Å². The van der Waals surface area contributed by atoms with E-state index in [2.05, 4.69) is 41.2 Å². The van der Waals surface area contributed by atoms with E-state index in [1.807, 2.05) is 36.4 Å². The molecule has 0 aliphatic rings. The molecular formula is C22H25N3O2. The van der Waals surface area contributed by atoms with Gasteiger partial charge in [0.1, 0.15) is 5.69 Å². The van der Waals surface area contributed by atoms with Gasteiger partial charge in [-0.3, -0.25) is 14.5 Å². The number of nitrogens with one attached hydrogen (secondary N) is 2. The number of rotatable bonds is 7. The SMILES string of the molecule is CCN(CC)C(CNC(=O)c1cc2ccccc2c(=O)[nH]1)c1ccccc1. The van der Waals surface area contributed by atoms with E-state index >= 15 is 0 Å². The zero-order valence-corrected chi connectivity index (χ0v) is 15.7. The maximum Gasteiger partial charge on any atom is 0.267 e. The Morgan fingerprint density at radius 1 is 1.04 bits per heavy atom. The number of aromatic amines is 1. The largest absolute Gasteiger partial charge is 0.349 e. The number of carbonyl (C=O) groups excluding carboxylic acids is 1. The Labute approximate surface area is 159 Å². The second-order valence-electron chi connectivity index (χ2n) is 6.46. The zero-order valence-electron chi connectivity index (χ0n) is 15.7. The van der Waals surface area contributed by atoms with Crippen LogP contribution in [0.2, 0.25) is 0 Å². The van der Waals surface area contributed by atoms with Gasteiger partial charge in [0, 0.05) is 11.9 Å². The number of nitrogens with zero attached hydrogens (tertiary/aromatic N) is 1. The van der Waals surface area contributed by atoms with E-state index in [1.54, 1.807) is 12.1 Å². The summed E-state index contributed by atoms with van der Waals surface area (Å²) in [4.78, 5) is 29.9. The first-order valence-corrected chi connectivity index (χ1v) is 9.33. The number of likely N-dealkylation sites (N-methyl/N-ethyl adjacent to an activating group) is 1. The lowest BCUT2D eigenvalue weighted by atomic mass is 10.0. The minimum Gasteiger partial charge on any atom is -0.349 e. The summed E-state index contributed by atoms with van der Waals surface area (Å²) in [7, 11) is 0. The summed E-state index contributed by atoms with van der Waals surface area (Å²) in [5, 5.41) is 4.33. The van der Waals surface area contributed by atoms with E-state index < -0.39 is 0 Å². The van der Waals surface area contributed by atoms with Crippen molar-refractivity contribution in [3.05, 3.63) is 82.3 Å². The molecule has 5 nitrogen and oxygen atoms in total. The van der Waals surface area contributed by atoms with Crippen molar-refractivity contribution >= 4 is 16.7 Å². The molecule has 0 saturated heterocycles. The Morgan fingerprint density at radius 2 is 1.70 bits per heavy atom. The molecule has 0 radical (unpaired) electrons. The van der Waals surface area contributed by atoms with Gasteiger partial charge in [-0.25, -0.2) is 0 Å². The number of H-pyrrole nitrogens is 1. The summed E-state index contributed by atoms with van der Waals surface area (Å²) in [5.41, 5.74) is 1.19. The molecule has 5 heteroatoms. The second kappa shape index (κ2) is 8.64. The van der Waals surface area contributed by atoms with Gasteiger partial charge in [-0.1, -0.05) is 62.4 Å². The molecule has 0 aliphatic carbocycles. The molecule has 1 unspecified atom stereocenters. The number of aromatic nitrogens is 1. The van der Waals surface area contributed by atoms with Gasteiger partial charge >= 0.3 is 0 Å². The number of hydrogen-bond donors (Lipinski definition) is 2. The Hall–Kier alpha value is -2.92. The fraction of sp³-hybridized carbons (Fsp3) is 0.273. The van der Waals surface area contributed by atoms with E-state index in [4.69, 9.17) is 0 Å². The number of amides is 1. The lowest BCUT2D eigenvalue weighted by Crippen LogP contribution is -2.38. The Morgan fingerprint density at radius 3 is 2.41 bits per heavy atom. The van der Waals surface area contributed by atoms with Crippen LogP contribution in [0.5, 0.6) is 0 Å². The van der Waals surface area contributed by atoms with Crippen molar-refractivity contribution < 1.29 is 4.79 Å². The van der Waals surface area contributed by atoms with Gasteiger partial charge in [-0.15, -0.1) is 0 Å². The van der Waals surface area contributed by atoms with Crippen molar-refractivity contribution in [2.45, 2.75) is 19.9 Å². The van der Waals surface area contributed by atoms with E-state index in [1.165, 1.54) is 0 Å². The Balaban J connectivity index is 1.81. The van der Waals surface area contributed by atoms with Crippen molar-refractivity contribution in [3.8, 4) is 0 Å². The molecule has 140 valence electrons. The maximum atomic E-state index is 12.7. The molecule has 0 spiro atoms. The average Bonchev–Trinajstić information content (AvgIpc) is 2.71. The smallest absolute Gasteiger partial charge is 0.267 e. The van der Waals surface area contributed by atoms with Crippen LogP contribution in [0.15, 0.2) is 65.5 Å². The van der Waals surface area contributed by atoms with E-state index in [-0.39, 0.29) is 23.2 Å². The minimum absolute atomic E-state index is 0.0809. The molecule has 1 amide bonds. The third-order valence-electron chi connectivity index (χ3n) is 4.89. The lowest BCUT2D eigenvalue weighted by molar-refractivity contribution is 0.0930. The van der Waals surface area contributed by atoms with Crippen LogP contribution >= 0.6 is 0 Å². The normalized spacial score (nSPS) is 12.3. The van der Waals surface area contributed by atoms with Crippen molar-refractivity contribution in [2.75, 3.05) is 19.6 Å². The number of fused-ring (bicyclic) bond motifs is 1. The highest BCUT2D eigenvalue weighted by atomic mass is 16.2. The molecule has 1 atom stereocenters. The van der Waals surface area contributed by atoms with Gasteiger partial charge < -0.3 is 10.3 Å². The lowest BCUT2D eigenvalue weighted by Gasteiger charge is -2.30. The van der Waals surface area contributed by atoms with Crippen molar-refractivity contribution in [3.63, 3.8) is 0 Å². The summed E-state index contributed by atoms with van der Waals surface area (Å²) in [6.07, 6.45) is 0. The first-order chi connectivity index (χ1) is 13.1. The monoisotopic (exact) mass is 363 g/mol. The highest BCUT2D eigenvalue weighted by molar-refractivity contribution is 5.96. The molecule has 0 saturated carbocycles. The molecule has 2 N–H and O–H groups in total. The zero-order chi connectivity index (χ0) is 19.2. The molecule has 3 rings (SSSR count). The van der Waals surface area contributed by atoms with E-state index in [0.29, 0.717) is 11.9 Å². The van der Waals surface area contributed by atoms with Crippen LogP contribution in [-0.4, -0.2) is 35.4 Å². The number of carbonyl (C=O) groups is 1. The van der Waals surface area contributed by atoms with Crippen LogP contribution in [0.4, 0.5) is 0 Å². The predicted molar refractivity (Wildman–Crippen MR) is 109 cm³/mol. The predicted octanol–water partition coefficient (Wildman–Crippen LogP) is 3.34.